The van der Waals surface area contributed by atoms with Gasteiger partial charge in [0, 0.05) is 0 Å². The zero-order valence-electron chi connectivity index (χ0n) is 11.2. The van der Waals surface area contributed by atoms with Gasteiger partial charge in [0.05, 0.1) is 31.2 Å². The lowest BCUT2D eigenvalue weighted by atomic mass is 9.60. The fraction of sp³-hybridized carbons (Fsp3) is 0.500. The van der Waals surface area contributed by atoms with Gasteiger partial charge in [-0.25, -0.2) is 4.39 Å². The van der Waals surface area contributed by atoms with E-state index >= 15 is 0 Å². The average Bonchev–Trinajstić information content (AvgIpc) is 2.27. The molecule has 0 aliphatic carbocycles. The van der Waals surface area contributed by atoms with E-state index in [1.54, 1.807) is 19.9 Å². The Balaban J connectivity index is 2.48. The first-order valence-corrected chi connectivity index (χ1v) is 6.00. The molecule has 19 heavy (non-hydrogen) atoms. The van der Waals surface area contributed by atoms with Crippen LogP contribution in [0.2, 0.25) is 0 Å². The Bertz CT molecular complexity index is 506. The molecule has 1 heterocycles. The molecule has 1 N–H and O–H groups in total. The first kappa shape index (κ1) is 13.8. The zero-order valence-corrected chi connectivity index (χ0v) is 11.2. The second-order valence-corrected chi connectivity index (χ2v) is 5.35. The number of aliphatic carboxylic acids is 1. The number of hydrogen-bond donors (Lipinski definition) is 1. The van der Waals surface area contributed by atoms with Crippen molar-refractivity contribution in [1.29, 1.82) is 0 Å². The van der Waals surface area contributed by atoms with Gasteiger partial charge in [0.2, 0.25) is 0 Å². The van der Waals surface area contributed by atoms with E-state index in [4.69, 9.17) is 9.47 Å². The van der Waals surface area contributed by atoms with Crippen LogP contribution >= 0.6 is 0 Å². The second kappa shape index (κ2) is 4.49. The summed E-state index contributed by atoms with van der Waals surface area (Å²) in [6.45, 7) is 3.83. The minimum atomic E-state index is -1.04. The van der Waals surface area contributed by atoms with Gasteiger partial charge in [-0.2, -0.15) is 0 Å². The Morgan fingerprint density at radius 1 is 1.47 bits per heavy atom. The lowest BCUT2D eigenvalue weighted by Crippen LogP contribution is -2.59. The summed E-state index contributed by atoms with van der Waals surface area (Å²) in [7, 11) is 1.39. The first-order chi connectivity index (χ1) is 8.85. The molecule has 1 aromatic rings. The number of carboxylic acid groups (broad SMARTS) is 1. The van der Waals surface area contributed by atoms with E-state index in [-0.39, 0.29) is 19.0 Å². The van der Waals surface area contributed by atoms with E-state index in [1.165, 1.54) is 19.2 Å². The molecule has 1 aliphatic rings. The summed E-state index contributed by atoms with van der Waals surface area (Å²) in [6.07, 6.45) is 0. The summed E-state index contributed by atoms with van der Waals surface area (Å²) >= 11 is 0. The summed E-state index contributed by atoms with van der Waals surface area (Å²) in [5, 5.41) is 9.40. The van der Waals surface area contributed by atoms with Crippen molar-refractivity contribution in [2.45, 2.75) is 19.3 Å². The van der Waals surface area contributed by atoms with Crippen LogP contribution in [-0.4, -0.2) is 31.4 Å². The molecule has 0 atom stereocenters. The highest BCUT2D eigenvalue weighted by Gasteiger charge is 2.56. The number of hydrogen-bond acceptors (Lipinski definition) is 3. The van der Waals surface area contributed by atoms with Crippen LogP contribution in [0.25, 0.3) is 0 Å². The van der Waals surface area contributed by atoms with Crippen molar-refractivity contribution < 1.29 is 23.8 Å². The lowest BCUT2D eigenvalue weighted by Gasteiger charge is -2.50. The minimum absolute atomic E-state index is 0.146. The SMILES string of the molecule is COc1ccc(C2(C(C)(C)C(=O)O)COC2)cc1F. The van der Waals surface area contributed by atoms with Gasteiger partial charge in [-0.15, -0.1) is 0 Å². The standard InChI is InChI=1S/C14H17FO4/c1-13(2,12(16)17)14(7-19-8-14)9-4-5-11(18-3)10(15)6-9/h4-6H,7-8H2,1-3H3,(H,16,17). The molecule has 0 unspecified atom stereocenters. The van der Waals surface area contributed by atoms with Gasteiger partial charge in [-0.05, 0) is 31.5 Å². The predicted octanol–water partition coefficient (Wildman–Crippen LogP) is 2.21. The normalized spacial score (nSPS) is 17.7. The molecule has 1 aliphatic heterocycles. The summed E-state index contributed by atoms with van der Waals surface area (Å²) in [6, 6.07) is 4.56. The Labute approximate surface area is 111 Å². The Morgan fingerprint density at radius 3 is 2.47 bits per heavy atom. The highest BCUT2D eigenvalue weighted by molar-refractivity contribution is 5.76. The number of methoxy groups -OCH3 is 1. The number of halogens is 1. The molecule has 0 radical (unpaired) electrons. The number of rotatable bonds is 4. The van der Waals surface area contributed by atoms with Crippen molar-refractivity contribution in [2.75, 3.05) is 20.3 Å². The van der Waals surface area contributed by atoms with E-state index in [9.17, 15) is 14.3 Å². The topological polar surface area (TPSA) is 55.8 Å². The van der Waals surface area contributed by atoms with Crippen molar-refractivity contribution in [2.24, 2.45) is 5.41 Å². The van der Waals surface area contributed by atoms with Gasteiger partial charge in [-0.1, -0.05) is 6.07 Å². The number of ether oxygens (including phenoxy) is 2. The molecule has 5 heteroatoms. The minimum Gasteiger partial charge on any atom is -0.494 e. The van der Waals surface area contributed by atoms with Crippen LogP contribution in [0.5, 0.6) is 5.75 Å². The van der Waals surface area contributed by atoms with Crippen molar-refractivity contribution in [3.63, 3.8) is 0 Å². The van der Waals surface area contributed by atoms with Crippen molar-refractivity contribution in [3.8, 4) is 5.75 Å². The van der Waals surface area contributed by atoms with Crippen molar-refractivity contribution >= 4 is 5.97 Å². The van der Waals surface area contributed by atoms with Crippen LogP contribution in [0.15, 0.2) is 18.2 Å². The molecule has 0 spiro atoms. The third kappa shape index (κ3) is 1.89. The van der Waals surface area contributed by atoms with Gasteiger partial charge in [0.15, 0.2) is 11.6 Å². The van der Waals surface area contributed by atoms with E-state index in [0.717, 1.165) is 0 Å². The number of carbonyl (C=O) groups is 1. The van der Waals surface area contributed by atoms with Crippen LogP contribution < -0.4 is 4.74 Å². The van der Waals surface area contributed by atoms with E-state index in [2.05, 4.69) is 0 Å². The van der Waals surface area contributed by atoms with Gasteiger partial charge in [0.25, 0.3) is 0 Å². The van der Waals surface area contributed by atoms with Crippen LogP contribution in [0.1, 0.15) is 19.4 Å². The summed E-state index contributed by atoms with van der Waals surface area (Å²) < 4.78 is 23.9. The number of carboxylic acids is 1. The second-order valence-electron chi connectivity index (χ2n) is 5.35. The van der Waals surface area contributed by atoms with E-state index < -0.39 is 22.6 Å². The first-order valence-electron chi connectivity index (χ1n) is 6.00. The molecule has 0 amide bonds. The molecule has 104 valence electrons. The van der Waals surface area contributed by atoms with Gasteiger partial charge in [0.1, 0.15) is 0 Å². The maximum atomic E-state index is 13.8. The van der Waals surface area contributed by atoms with Gasteiger partial charge in [-0.3, -0.25) is 4.79 Å². The Hall–Kier alpha value is -1.62. The fourth-order valence-corrected chi connectivity index (χ4v) is 2.36. The van der Waals surface area contributed by atoms with Gasteiger partial charge >= 0.3 is 5.97 Å². The lowest BCUT2D eigenvalue weighted by molar-refractivity contribution is -0.171. The molecule has 0 saturated carbocycles. The zero-order chi connectivity index (χ0) is 14.3. The number of benzene rings is 1. The molecule has 1 aromatic carbocycles. The summed E-state index contributed by atoms with van der Waals surface area (Å²) in [5.41, 5.74) is -1.11. The maximum absolute atomic E-state index is 13.8. The summed E-state index contributed by atoms with van der Waals surface area (Å²) in [5.74, 6) is -1.27. The Kier molecular flexibility index (Phi) is 3.26. The molecule has 4 nitrogen and oxygen atoms in total. The van der Waals surface area contributed by atoms with E-state index in [1.807, 2.05) is 0 Å². The Morgan fingerprint density at radius 2 is 2.11 bits per heavy atom. The largest absolute Gasteiger partial charge is 0.494 e. The fourth-order valence-electron chi connectivity index (χ4n) is 2.36. The van der Waals surface area contributed by atoms with Crippen molar-refractivity contribution in [1.82, 2.24) is 0 Å². The molecule has 0 bridgehead atoms. The molecular formula is C14H17FO4. The molecule has 1 fully saturated rings. The third-order valence-electron chi connectivity index (χ3n) is 4.13. The van der Waals surface area contributed by atoms with Gasteiger partial charge < -0.3 is 14.6 Å². The molecular weight excluding hydrogens is 251 g/mol. The van der Waals surface area contributed by atoms with E-state index in [0.29, 0.717) is 5.56 Å². The predicted molar refractivity (Wildman–Crippen MR) is 66.9 cm³/mol. The smallest absolute Gasteiger partial charge is 0.310 e. The van der Waals surface area contributed by atoms with Crippen LogP contribution in [0.3, 0.4) is 0 Å². The summed E-state index contributed by atoms with van der Waals surface area (Å²) in [4.78, 5) is 11.5. The van der Waals surface area contributed by atoms with Crippen molar-refractivity contribution in [3.05, 3.63) is 29.6 Å². The molecule has 0 aromatic heterocycles. The highest BCUT2D eigenvalue weighted by atomic mass is 19.1. The quantitative estimate of drug-likeness (QED) is 0.909. The molecule has 2 rings (SSSR count). The average molecular weight is 268 g/mol. The third-order valence-corrected chi connectivity index (χ3v) is 4.13. The molecule has 1 saturated heterocycles. The van der Waals surface area contributed by atoms with Crippen LogP contribution in [-0.2, 0) is 14.9 Å². The maximum Gasteiger partial charge on any atom is 0.310 e. The van der Waals surface area contributed by atoms with Crippen LogP contribution in [0, 0.1) is 11.2 Å². The monoisotopic (exact) mass is 268 g/mol. The van der Waals surface area contributed by atoms with Crippen LogP contribution in [0.4, 0.5) is 4.39 Å². The highest BCUT2D eigenvalue weighted by Crippen LogP contribution is 2.48.